The Bertz CT molecular complexity index is 426. The van der Waals surface area contributed by atoms with E-state index in [1.807, 2.05) is 0 Å². The van der Waals surface area contributed by atoms with Crippen molar-refractivity contribution in [2.75, 3.05) is 13.1 Å². The standard InChI is InChI=1S/C17H31N3/c1-6-18-8-7-17-14(4)19-20(15(17)5)16-10-12(2)9-13(3)11-16/h12-13,16,18H,6-11H2,1-5H3. The molecular formula is C17H31N3. The molecule has 0 aliphatic heterocycles. The van der Waals surface area contributed by atoms with E-state index < -0.39 is 0 Å². The lowest BCUT2D eigenvalue weighted by molar-refractivity contribution is 0.207. The fourth-order valence-electron chi connectivity index (χ4n) is 3.91. The third-order valence-corrected chi connectivity index (χ3v) is 4.78. The van der Waals surface area contributed by atoms with Crippen LogP contribution in [-0.4, -0.2) is 22.9 Å². The van der Waals surface area contributed by atoms with E-state index in [2.05, 4.69) is 44.6 Å². The topological polar surface area (TPSA) is 29.9 Å². The minimum absolute atomic E-state index is 0.611. The number of nitrogens with one attached hydrogen (secondary N) is 1. The van der Waals surface area contributed by atoms with Crippen LogP contribution in [-0.2, 0) is 6.42 Å². The van der Waals surface area contributed by atoms with Crippen molar-refractivity contribution in [3.8, 4) is 0 Å². The summed E-state index contributed by atoms with van der Waals surface area (Å²) in [6.07, 6.45) is 5.06. The summed E-state index contributed by atoms with van der Waals surface area (Å²) in [5.74, 6) is 1.66. The zero-order valence-electron chi connectivity index (χ0n) is 13.9. The minimum Gasteiger partial charge on any atom is -0.317 e. The Kier molecular flexibility index (Phi) is 5.25. The molecule has 0 saturated heterocycles. The molecule has 2 unspecified atom stereocenters. The molecule has 1 saturated carbocycles. The van der Waals surface area contributed by atoms with Crippen LogP contribution in [0.25, 0.3) is 0 Å². The Hall–Kier alpha value is -0.830. The van der Waals surface area contributed by atoms with Gasteiger partial charge in [0.05, 0.1) is 11.7 Å². The van der Waals surface area contributed by atoms with Gasteiger partial charge in [-0.25, -0.2) is 0 Å². The van der Waals surface area contributed by atoms with E-state index in [-0.39, 0.29) is 0 Å². The lowest BCUT2D eigenvalue weighted by Crippen LogP contribution is -2.24. The molecule has 1 aromatic rings. The van der Waals surface area contributed by atoms with Gasteiger partial charge >= 0.3 is 0 Å². The average molecular weight is 277 g/mol. The molecule has 1 fully saturated rings. The van der Waals surface area contributed by atoms with Crippen LogP contribution in [0.3, 0.4) is 0 Å². The van der Waals surface area contributed by atoms with Crippen LogP contribution in [0.15, 0.2) is 0 Å². The highest BCUT2D eigenvalue weighted by molar-refractivity contribution is 5.25. The normalized spacial score (nSPS) is 26.9. The smallest absolute Gasteiger partial charge is 0.0629 e. The molecule has 2 atom stereocenters. The molecule has 1 N–H and O–H groups in total. The van der Waals surface area contributed by atoms with Gasteiger partial charge in [-0.3, -0.25) is 4.68 Å². The van der Waals surface area contributed by atoms with Crippen molar-refractivity contribution < 1.29 is 0 Å². The van der Waals surface area contributed by atoms with Crippen LogP contribution >= 0.6 is 0 Å². The first kappa shape index (κ1) is 15.6. The summed E-state index contributed by atoms with van der Waals surface area (Å²) in [6.45, 7) is 13.5. The second-order valence-corrected chi connectivity index (χ2v) is 6.77. The van der Waals surface area contributed by atoms with E-state index >= 15 is 0 Å². The van der Waals surface area contributed by atoms with Crippen LogP contribution < -0.4 is 5.32 Å². The predicted molar refractivity (Wildman–Crippen MR) is 85.2 cm³/mol. The first-order valence-corrected chi connectivity index (χ1v) is 8.28. The molecule has 3 nitrogen and oxygen atoms in total. The van der Waals surface area contributed by atoms with Crippen molar-refractivity contribution in [1.82, 2.24) is 15.1 Å². The molecule has 1 aromatic heterocycles. The summed E-state index contributed by atoms with van der Waals surface area (Å²) in [6, 6.07) is 0.611. The van der Waals surface area contributed by atoms with Gasteiger partial charge in [0.15, 0.2) is 0 Å². The number of likely N-dealkylation sites (N-methyl/N-ethyl adjacent to an activating group) is 1. The van der Waals surface area contributed by atoms with Crippen LogP contribution in [0.1, 0.15) is 63.0 Å². The van der Waals surface area contributed by atoms with E-state index in [4.69, 9.17) is 5.10 Å². The summed E-state index contributed by atoms with van der Waals surface area (Å²) >= 11 is 0. The third-order valence-electron chi connectivity index (χ3n) is 4.78. The Morgan fingerprint density at radius 1 is 1.15 bits per heavy atom. The molecule has 20 heavy (non-hydrogen) atoms. The Balaban J connectivity index is 2.14. The first-order chi connectivity index (χ1) is 9.52. The number of hydrogen-bond donors (Lipinski definition) is 1. The van der Waals surface area contributed by atoms with Gasteiger partial charge in [-0.15, -0.1) is 0 Å². The summed E-state index contributed by atoms with van der Waals surface area (Å²) in [5.41, 5.74) is 4.08. The van der Waals surface area contributed by atoms with Gasteiger partial charge in [-0.1, -0.05) is 20.8 Å². The SMILES string of the molecule is CCNCCc1c(C)nn(C2CC(C)CC(C)C2)c1C. The van der Waals surface area contributed by atoms with Gasteiger partial charge in [0.1, 0.15) is 0 Å². The monoisotopic (exact) mass is 277 g/mol. The van der Waals surface area contributed by atoms with E-state index in [0.29, 0.717) is 6.04 Å². The number of aromatic nitrogens is 2. The van der Waals surface area contributed by atoms with E-state index in [1.54, 1.807) is 0 Å². The minimum atomic E-state index is 0.611. The second-order valence-electron chi connectivity index (χ2n) is 6.77. The lowest BCUT2D eigenvalue weighted by atomic mass is 9.80. The molecule has 2 rings (SSSR count). The van der Waals surface area contributed by atoms with Crippen molar-refractivity contribution >= 4 is 0 Å². The highest BCUT2D eigenvalue weighted by Crippen LogP contribution is 2.36. The van der Waals surface area contributed by atoms with Gasteiger partial charge in [-0.05, 0) is 70.0 Å². The largest absolute Gasteiger partial charge is 0.317 e. The highest BCUT2D eigenvalue weighted by Gasteiger charge is 2.27. The lowest BCUT2D eigenvalue weighted by Gasteiger charge is -2.32. The fraction of sp³-hybridized carbons (Fsp3) is 0.824. The predicted octanol–water partition coefficient (Wildman–Crippen LogP) is 3.65. The molecule has 0 amide bonds. The van der Waals surface area contributed by atoms with Crippen LogP contribution in [0.5, 0.6) is 0 Å². The van der Waals surface area contributed by atoms with Crippen molar-refractivity contribution in [2.24, 2.45) is 11.8 Å². The maximum Gasteiger partial charge on any atom is 0.0629 e. The van der Waals surface area contributed by atoms with Gasteiger partial charge in [0.2, 0.25) is 0 Å². The highest BCUT2D eigenvalue weighted by atomic mass is 15.3. The molecule has 114 valence electrons. The Morgan fingerprint density at radius 2 is 1.80 bits per heavy atom. The zero-order valence-corrected chi connectivity index (χ0v) is 13.9. The van der Waals surface area contributed by atoms with E-state index in [1.165, 1.54) is 36.2 Å². The molecule has 0 radical (unpaired) electrons. The van der Waals surface area contributed by atoms with E-state index in [9.17, 15) is 0 Å². The summed E-state index contributed by atoms with van der Waals surface area (Å²) < 4.78 is 2.34. The molecule has 1 heterocycles. The molecule has 3 heteroatoms. The molecule has 0 bridgehead atoms. The summed E-state index contributed by atoms with van der Waals surface area (Å²) in [5, 5.41) is 8.29. The quantitative estimate of drug-likeness (QED) is 0.833. The molecule has 0 spiro atoms. The van der Waals surface area contributed by atoms with Gasteiger partial charge in [-0.2, -0.15) is 5.10 Å². The van der Waals surface area contributed by atoms with Crippen molar-refractivity contribution in [3.63, 3.8) is 0 Å². The van der Waals surface area contributed by atoms with Crippen molar-refractivity contribution in [3.05, 3.63) is 17.0 Å². The van der Waals surface area contributed by atoms with Gasteiger partial charge < -0.3 is 5.32 Å². The van der Waals surface area contributed by atoms with Gasteiger partial charge in [0.25, 0.3) is 0 Å². The zero-order chi connectivity index (χ0) is 14.7. The molecule has 0 aromatic carbocycles. The number of aryl methyl sites for hydroxylation is 1. The second kappa shape index (κ2) is 6.75. The Morgan fingerprint density at radius 3 is 2.40 bits per heavy atom. The van der Waals surface area contributed by atoms with E-state index in [0.717, 1.165) is 31.3 Å². The van der Waals surface area contributed by atoms with Gasteiger partial charge in [0, 0.05) is 5.69 Å². The summed E-state index contributed by atoms with van der Waals surface area (Å²) in [7, 11) is 0. The van der Waals surface area contributed by atoms with Crippen LogP contribution in [0.2, 0.25) is 0 Å². The molecule has 1 aliphatic carbocycles. The average Bonchev–Trinajstić information content (AvgIpc) is 2.65. The van der Waals surface area contributed by atoms with Crippen molar-refractivity contribution in [2.45, 2.75) is 66.3 Å². The fourth-order valence-corrected chi connectivity index (χ4v) is 3.91. The number of nitrogens with zero attached hydrogens (tertiary/aromatic N) is 2. The molecular weight excluding hydrogens is 246 g/mol. The molecule has 1 aliphatic rings. The number of hydrogen-bond acceptors (Lipinski definition) is 2. The summed E-state index contributed by atoms with van der Waals surface area (Å²) in [4.78, 5) is 0. The maximum atomic E-state index is 4.87. The first-order valence-electron chi connectivity index (χ1n) is 8.28. The van der Waals surface area contributed by atoms with Crippen molar-refractivity contribution in [1.29, 1.82) is 0 Å². The van der Waals surface area contributed by atoms with Crippen LogP contribution in [0.4, 0.5) is 0 Å². The maximum absolute atomic E-state index is 4.87. The van der Waals surface area contributed by atoms with Crippen LogP contribution in [0, 0.1) is 25.7 Å². The number of rotatable bonds is 5. The third kappa shape index (κ3) is 3.43. The Labute approximate surface area is 124 Å².